The van der Waals surface area contributed by atoms with Crippen LogP contribution >= 0.6 is 24.0 Å². The lowest BCUT2D eigenvalue weighted by Gasteiger charge is -2.23. The predicted molar refractivity (Wildman–Crippen MR) is 83.9 cm³/mol. The van der Waals surface area contributed by atoms with Crippen LogP contribution in [0.3, 0.4) is 0 Å². The molecule has 0 fully saturated rings. The van der Waals surface area contributed by atoms with E-state index in [-0.39, 0.29) is 11.4 Å². The van der Waals surface area contributed by atoms with Crippen LogP contribution in [0.2, 0.25) is 0 Å². The van der Waals surface area contributed by atoms with Crippen molar-refractivity contribution in [2.24, 2.45) is 0 Å². The Morgan fingerprint density at radius 3 is 2.42 bits per heavy atom. The molecule has 19 heavy (non-hydrogen) atoms. The van der Waals surface area contributed by atoms with E-state index < -0.39 is 0 Å². The molecule has 0 unspecified atom stereocenters. The third-order valence-electron chi connectivity index (χ3n) is 1.92. The van der Waals surface area contributed by atoms with Gasteiger partial charge in [0.15, 0.2) is 5.11 Å². The van der Waals surface area contributed by atoms with Crippen LogP contribution in [0, 0.1) is 0 Å². The molecule has 0 bridgehead atoms. The molecule has 0 atom stereocenters. The Kier molecular flexibility index (Phi) is 6.11. The van der Waals surface area contributed by atoms with Gasteiger partial charge in [0.1, 0.15) is 0 Å². The van der Waals surface area contributed by atoms with E-state index in [1.165, 1.54) is 11.8 Å². The molecule has 0 radical (unpaired) electrons. The smallest absolute Gasteiger partial charge is 0.248 e. The first-order valence-electron chi connectivity index (χ1n) is 5.92. The van der Waals surface area contributed by atoms with E-state index in [0.717, 1.165) is 4.90 Å². The minimum Gasteiger partial charge on any atom is -0.357 e. The molecule has 1 rings (SSSR count). The minimum atomic E-state index is -0.131. The van der Waals surface area contributed by atoms with Gasteiger partial charge < -0.3 is 5.32 Å². The van der Waals surface area contributed by atoms with E-state index >= 15 is 0 Å². The molecule has 0 aliphatic carbocycles. The summed E-state index contributed by atoms with van der Waals surface area (Å²) >= 11 is 6.53. The minimum absolute atomic E-state index is 0.119. The van der Waals surface area contributed by atoms with Gasteiger partial charge in [-0.15, -0.1) is 11.8 Å². The summed E-state index contributed by atoms with van der Waals surface area (Å²) in [5.74, 6) is 0.224. The predicted octanol–water partition coefficient (Wildman–Crippen LogP) is 2.07. The monoisotopic (exact) mass is 297 g/mol. The molecule has 1 amide bonds. The van der Waals surface area contributed by atoms with Gasteiger partial charge in [-0.3, -0.25) is 15.6 Å². The zero-order chi connectivity index (χ0) is 14.3. The number of thioether (sulfide) groups is 1. The van der Waals surface area contributed by atoms with Crippen molar-refractivity contribution < 1.29 is 4.79 Å². The summed E-state index contributed by atoms with van der Waals surface area (Å²) in [6, 6.07) is 9.78. The molecule has 0 heterocycles. The van der Waals surface area contributed by atoms with E-state index in [2.05, 4.69) is 16.2 Å². The molecule has 6 heteroatoms. The number of carbonyl (C=O) groups is 1. The summed E-state index contributed by atoms with van der Waals surface area (Å²) in [5.41, 5.74) is 5.11. The van der Waals surface area contributed by atoms with Gasteiger partial charge in [0.2, 0.25) is 5.91 Å². The molecule has 0 saturated carbocycles. The highest BCUT2D eigenvalue weighted by molar-refractivity contribution is 8.00. The second kappa shape index (κ2) is 7.35. The third-order valence-corrected chi connectivity index (χ3v) is 3.13. The Balaban J connectivity index is 2.23. The maximum Gasteiger partial charge on any atom is 0.248 e. The highest BCUT2D eigenvalue weighted by Gasteiger charge is 2.11. The van der Waals surface area contributed by atoms with Crippen LogP contribution in [0.4, 0.5) is 0 Å². The number of carbonyl (C=O) groups excluding carboxylic acids is 1. The van der Waals surface area contributed by atoms with Crippen molar-refractivity contribution in [1.82, 2.24) is 16.2 Å². The van der Waals surface area contributed by atoms with Gasteiger partial charge in [0.05, 0.1) is 5.75 Å². The fourth-order valence-electron chi connectivity index (χ4n) is 1.20. The van der Waals surface area contributed by atoms with Crippen LogP contribution in [-0.4, -0.2) is 22.3 Å². The molecule has 0 saturated heterocycles. The lowest BCUT2D eigenvalue weighted by Crippen LogP contribution is -2.52. The van der Waals surface area contributed by atoms with E-state index in [4.69, 9.17) is 12.2 Å². The second-order valence-corrected chi connectivity index (χ2v) is 6.44. The highest BCUT2D eigenvalue weighted by atomic mass is 32.2. The van der Waals surface area contributed by atoms with Crippen LogP contribution < -0.4 is 16.2 Å². The number of benzene rings is 1. The lowest BCUT2D eigenvalue weighted by molar-refractivity contribution is -0.119. The van der Waals surface area contributed by atoms with Crippen LogP contribution in [0.1, 0.15) is 20.8 Å². The van der Waals surface area contributed by atoms with Crippen LogP contribution in [0.25, 0.3) is 0 Å². The maximum absolute atomic E-state index is 11.6. The molecule has 3 N–H and O–H groups in total. The largest absolute Gasteiger partial charge is 0.357 e. The number of hydrogen-bond acceptors (Lipinski definition) is 3. The van der Waals surface area contributed by atoms with Crippen molar-refractivity contribution in [2.75, 3.05) is 5.75 Å². The summed E-state index contributed by atoms with van der Waals surface area (Å²) in [6.45, 7) is 5.98. The van der Waals surface area contributed by atoms with Crippen LogP contribution in [0.5, 0.6) is 0 Å². The lowest BCUT2D eigenvalue weighted by atomic mass is 10.1. The van der Waals surface area contributed by atoms with Gasteiger partial charge in [-0.05, 0) is 45.1 Å². The number of nitrogens with one attached hydrogen (secondary N) is 3. The summed E-state index contributed by atoms with van der Waals surface area (Å²) < 4.78 is 0. The van der Waals surface area contributed by atoms with E-state index in [1.807, 2.05) is 51.1 Å². The van der Waals surface area contributed by atoms with Gasteiger partial charge in [0.25, 0.3) is 0 Å². The number of thiocarbonyl (C=S) groups is 1. The molecular formula is C13H19N3OS2. The average Bonchev–Trinajstić information content (AvgIpc) is 2.33. The van der Waals surface area contributed by atoms with Gasteiger partial charge in [-0.25, -0.2) is 0 Å². The first-order chi connectivity index (χ1) is 8.87. The Morgan fingerprint density at radius 2 is 1.84 bits per heavy atom. The van der Waals surface area contributed by atoms with Gasteiger partial charge in [-0.2, -0.15) is 0 Å². The first kappa shape index (κ1) is 15.8. The highest BCUT2D eigenvalue weighted by Crippen LogP contribution is 2.15. The molecule has 104 valence electrons. The molecule has 0 aromatic heterocycles. The average molecular weight is 297 g/mol. The topological polar surface area (TPSA) is 53.2 Å². The normalized spacial score (nSPS) is 10.7. The van der Waals surface area contributed by atoms with Crippen molar-refractivity contribution in [3.05, 3.63) is 30.3 Å². The number of hydrogen-bond donors (Lipinski definition) is 3. The number of amides is 1. The molecule has 4 nitrogen and oxygen atoms in total. The molecule has 0 aliphatic rings. The van der Waals surface area contributed by atoms with Gasteiger partial charge >= 0.3 is 0 Å². The Bertz CT molecular complexity index is 429. The van der Waals surface area contributed by atoms with Crippen LogP contribution in [-0.2, 0) is 4.79 Å². The van der Waals surface area contributed by atoms with E-state index in [1.54, 1.807) is 0 Å². The van der Waals surface area contributed by atoms with Crippen molar-refractivity contribution in [3.8, 4) is 0 Å². The summed E-state index contributed by atoms with van der Waals surface area (Å²) in [5, 5.41) is 3.46. The standard InChI is InChI=1S/C13H19N3OS2/c1-13(2,3)14-12(18)16-15-11(17)9-19-10-7-5-4-6-8-10/h4-8H,9H2,1-3H3,(H,15,17)(H2,14,16,18). The van der Waals surface area contributed by atoms with Gasteiger partial charge in [-0.1, -0.05) is 18.2 Å². The Hall–Kier alpha value is -1.27. The molecule has 1 aromatic carbocycles. The maximum atomic E-state index is 11.6. The molecule has 1 aromatic rings. The number of hydrazine groups is 1. The molecule has 0 aliphatic heterocycles. The fraction of sp³-hybridized carbons (Fsp3) is 0.385. The zero-order valence-electron chi connectivity index (χ0n) is 11.3. The Labute approximate surface area is 123 Å². The molecular weight excluding hydrogens is 278 g/mol. The van der Waals surface area contributed by atoms with Crippen LogP contribution in [0.15, 0.2) is 35.2 Å². The molecule has 0 spiro atoms. The summed E-state index contributed by atoms with van der Waals surface area (Å²) in [4.78, 5) is 12.7. The number of rotatable bonds is 3. The van der Waals surface area contributed by atoms with Gasteiger partial charge in [0, 0.05) is 10.4 Å². The fourth-order valence-corrected chi connectivity index (χ4v) is 2.28. The zero-order valence-corrected chi connectivity index (χ0v) is 13.0. The first-order valence-corrected chi connectivity index (χ1v) is 7.31. The SMILES string of the molecule is CC(C)(C)NC(=S)NNC(=O)CSc1ccccc1. The summed E-state index contributed by atoms with van der Waals surface area (Å²) in [7, 11) is 0. The van der Waals surface area contributed by atoms with E-state index in [9.17, 15) is 4.79 Å². The van der Waals surface area contributed by atoms with Crippen molar-refractivity contribution in [3.63, 3.8) is 0 Å². The third kappa shape index (κ3) is 7.69. The van der Waals surface area contributed by atoms with Crippen molar-refractivity contribution in [2.45, 2.75) is 31.2 Å². The second-order valence-electron chi connectivity index (χ2n) is 4.98. The van der Waals surface area contributed by atoms with E-state index in [0.29, 0.717) is 10.9 Å². The quantitative estimate of drug-likeness (QED) is 0.453. The summed E-state index contributed by atoms with van der Waals surface area (Å²) in [6.07, 6.45) is 0. The van der Waals surface area contributed by atoms with Crippen molar-refractivity contribution >= 4 is 35.0 Å². The van der Waals surface area contributed by atoms with Crippen molar-refractivity contribution in [1.29, 1.82) is 0 Å². The Morgan fingerprint density at radius 1 is 1.21 bits per heavy atom.